The third-order valence-electron chi connectivity index (χ3n) is 4.33. The first-order valence-corrected chi connectivity index (χ1v) is 16.5. The number of rotatable bonds is 2. The van der Waals surface area contributed by atoms with Crippen molar-refractivity contribution in [1.82, 2.24) is 0 Å². The summed E-state index contributed by atoms with van der Waals surface area (Å²) < 4.78 is 0. The molecule has 4 rings (SSSR count). The molecular formula is C25H32Cl2Si2Zr-4. The van der Waals surface area contributed by atoms with E-state index in [0.717, 1.165) is 6.42 Å². The summed E-state index contributed by atoms with van der Waals surface area (Å²) in [5.41, 5.74) is 2.66. The van der Waals surface area contributed by atoms with E-state index in [9.17, 15) is 0 Å². The van der Waals surface area contributed by atoms with Gasteiger partial charge in [-0.15, -0.1) is 60.2 Å². The van der Waals surface area contributed by atoms with Crippen LogP contribution in [0.2, 0.25) is 19.6 Å². The quantitative estimate of drug-likeness (QED) is 0.230. The van der Waals surface area contributed by atoms with Gasteiger partial charge >= 0.3 is 30.2 Å². The number of benzene rings is 2. The van der Waals surface area contributed by atoms with Gasteiger partial charge in [0, 0.05) is 0 Å². The average molecular weight is 551 g/mol. The van der Waals surface area contributed by atoms with Crippen LogP contribution < -0.4 is 5.19 Å². The molecule has 5 heteroatoms. The number of halogens is 2. The molecule has 0 atom stereocenters. The van der Waals surface area contributed by atoms with Crippen molar-refractivity contribution in [2.24, 2.45) is 0 Å². The summed E-state index contributed by atoms with van der Waals surface area (Å²) >= 11 is 1.36. The van der Waals surface area contributed by atoms with Crippen molar-refractivity contribution in [3.8, 4) is 11.1 Å². The number of hydrogen-bond donors (Lipinski definition) is 0. The zero-order chi connectivity index (χ0) is 19.0. The molecule has 0 nitrogen and oxygen atoms in total. The molecule has 3 aromatic carbocycles. The van der Waals surface area contributed by atoms with E-state index >= 15 is 0 Å². The van der Waals surface area contributed by atoms with Crippen molar-refractivity contribution >= 4 is 55.7 Å². The maximum absolute atomic E-state index is 3.06. The van der Waals surface area contributed by atoms with Crippen molar-refractivity contribution in [3.63, 3.8) is 0 Å². The second kappa shape index (κ2) is 17.0. The number of fused-ring (bicyclic) bond motifs is 1. The summed E-state index contributed by atoms with van der Waals surface area (Å²) in [5.74, 6) is 0. The number of allylic oxidation sites excluding steroid dienone is 4. The Balaban J connectivity index is -0.000000579. The zero-order valence-electron chi connectivity index (χ0n) is 18.5. The van der Waals surface area contributed by atoms with Crippen molar-refractivity contribution < 1.29 is 23.3 Å². The fraction of sp³-hybridized carbons (Fsp3) is 0.160. The molecule has 0 aliphatic heterocycles. The Labute approximate surface area is 214 Å². The van der Waals surface area contributed by atoms with E-state index in [2.05, 4.69) is 99.3 Å². The minimum atomic E-state index is -1.20. The molecule has 0 saturated carbocycles. The van der Waals surface area contributed by atoms with E-state index in [4.69, 9.17) is 0 Å². The summed E-state index contributed by atoms with van der Waals surface area (Å²) in [6, 6.07) is 22.2. The van der Waals surface area contributed by atoms with Gasteiger partial charge in [0.1, 0.15) is 0 Å². The first kappa shape index (κ1) is 34.0. The van der Waals surface area contributed by atoms with Gasteiger partial charge in [-0.1, -0.05) is 60.7 Å². The van der Waals surface area contributed by atoms with Gasteiger partial charge in [-0.05, 0) is 5.56 Å². The molecule has 162 valence electrons. The Bertz CT molecular complexity index is 881. The SMILES string of the molecule is C[Si](C)(C)c1ccc(-c2cccc3[cH-]ccc23)cc1.Cl.Cl.[C-]1=CC=CC1.[CH3-].[CH3-].[Si]=[Zr]. The van der Waals surface area contributed by atoms with Crippen molar-refractivity contribution in [2.75, 3.05) is 0 Å². The Morgan fingerprint density at radius 2 is 1.57 bits per heavy atom. The maximum atomic E-state index is 3.06. The van der Waals surface area contributed by atoms with Crippen molar-refractivity contribution in [2.45, 2.75) is 26.1 Å². The van der Waals surface area contributed by atoms with E-state index in [1.165, 1.54) is 50.4 Å². The van der Waals surface area contributed by atoms with Crippen molar-refractivity contribution in [3.05, 3.63) is 99.8 Å². The summed E-state index contributed by atoms with van der Waals surface area (Å²) in [6.07, 6.45) is 10.0. The van der Waals surface area contributed by atoms with Crippen molar-refractivity contribution in [1.29, 1.82) is 0 Å². The van der Waals surface area contributed by atoms with Crippen LogP contribution in [0.3, 0.4) is 0 Å². The topological polar surface area (TPSA) is 0 Å². The molecule has 0 bridgehead atoms. The molecule has 3 aromatic rings. The zero-order valence-corrected chi connectivity index (χ0v) is 24.6. The van der Waals surface area contributed by atoms with Crippen LogP contribution in [0.5, 0.6) is 0 Å². The first-order chi connectivity index (χ1) is 12.6. The Morgan fingerprint density at radius 3 is 2.03 bits per heavy atom. The molecule has 0 saturated heterocycles. The second-order valence-corrected chi connectivity index (χ2v) is 12.2. The molecule has 0 N–H and O–H groups in total. The Kier molecular flexibility index (Phi) is 19.3. The normalized spacial score (nSPS) is 10.6. The van der Waals surface area contributed by atoms with Gasteiger partial charge in [0.25, 0.3) is 0 Å². The third-order valence-corrected chi connectivity index (χ3v) is 6.39. The van der Waals surface area contributed by atoms with Gasteiger partial charge in [0.15, 0.2) is 0 Å². The molecule has 0 aromatic heterocycles. The van der Waals surface area contributed by atoms with Crippen LogP contribution in [0, 0.1) is 20.9 Å². The summed E-state index contributed by atoms with van der Waals surface area (Å²) in [7, 11) is -1.20. The molecule has 1 aliphatic carbocycles. The van der Waals surface area contributed by atoms with Crippen LogP contribution in [0.1, 0.15) is 6.42 Å². The molecule has 0 heterocycles. The van der Waals surface area contributed by atoms with E-state index < -0.39 is 8.07 Å². The predicted octanol–water partition coefficient (Wildman–Crippen LogP) is 7.44. The molecule has 2 radical (unpaired) electrons. The van der Waals surface area contributed by atoms with Gasteiger partial charge in [0.05, 0.1) is 8.07 Å². The van der Waals surface area contributed by atoms with Crippen LogP contribution in [0.25, 0.3) is 21.9 Å². The molecule has 30 heavy (non-hydrogen) atoms. The van der Waals surface area contributed by atoms with Gasteiger partial charge in [-0.2, -0.15) is 18.2 Å². The predicted molar refractivity (Wildman–Crippen MR) is 143 cm³/mol. The Morgan fingerprint density at radius 1 is 0.933 bits per heavy atom. The molecule has 1 aliphatic rings. The van der Waals surface area contributed by atoms with Gasteiger partial charge in [-0.3, -0.25) is 6.08 Å². The number of hydrogen-bond acceptors (Lipinski definition) is 0. The minimum absolute atomic E-state index is 0. The molecular weight excluding hydrogens is 519 g/mol. The van der Waals surface area contributed by atoms with Crippen LogP contribution in [-0.2, 0) is 23.3 Å². The van der Waals surface area contributed by atoms with Crippen LogP contribution in [-0.4, -0.2) is 15.0 Å². The Hall–Kier alpha value is -0.573. The monoisotopic (exact) mass is 548 g/mol. The molecule has 0 unspecified atom stereocenters. The third kappa shape index (κ3) is 9.70. The van der Waals surface area contributed by atoms with Gasteiger partial charge in [-0.25, -0.2) is 12.2 Å². The standard InChI is InChI=1S/C18H19Si.C5H5.2CH3.2ClH.Si.Zr/c1-19(2,3)16-12-10-15(11-13-16)18-9-5-7-14-6-4-8-17(14)18;1-2-4-5-3-1;;;;;;/h4-13H,1-3H3;1-3H,4H2;2*1H3;2*1H;;/q4*-1;;;;. The van der Waals surface area contributed by atoms with Gasteiger partial charge < -0.3 is 14.9 Å². The first-order valence-electron chi connectivity index (χ1n) is 8.78. The summed E-state index contributed by atoms with van der Waals surface area (Å²) in [5, 5.41) is 4.20. The van der Waals surface area contributed by atoms with E-state index in [1.54, 1.807) is 0 Å². The van der Waals surface area contributed by atoms with Crippen LogP contribution in [0.15, 0.2) is 78.9 Å². The van der Waals surface area contributed by atoms with Crippen LogP contribution >= 0.6 is 24.8 Å². The fourth-order valence-corrected chi connectivity index (χ4v) is 4.07. The van der Waals surface area contributed by atoms with Gasteiger partial charge in [0.2, 0.25) is 0 Å². The van der Waals surface area contributed by atoms with E-state index in [-0.39, 0.29) is 39.7 Å². The van der Waals surface area contributed by atoms with E-state index in [1.807, 2.05) is 12.2 Å². The molecule has 0 fully saturated rings. The summed E-state index contributed by atoms with van der Waals surface area (Å²) in [4.78, 5) is 0. The molecule has 0 spiro atoms. The average Bonchev–Trinajstić information content (AvgIpc) is 3.37. The fourth-order valence-electron chi connectivity index (χ4n) is 2.90. The molecule has 0 amide bonds. The van der Waals surface area contributed by atoms with Crippen LogP contribution in [0.4, 0.5) is 0 Å². The van der Waals surface area contributed by atoms with E-state index in [0.29, 0.717) is 0 Å². The second-order valence-electron chi connectivity index (χ2n) is 7.16. The summed E-state index contributed by atoms with van der Waals surface area (Å²) in [6.45, 7) is 10.2.